The van der Waals surface area contributed by atoms with Crippen LogP contribution in [-0.4, -0.2) is 86.2 Å². The number of rotatable bonds is 5. The van der Waals surface area contributed by atoms with E-state index in [2.05, 4.69) is 46.1 Å². The Balaban J connectivity index is 1.50. The summed E-state index contributed by atoms with van der Waals surface area (Å²) in [6.07, 6.45) is 3.56. The molecule has 0 N–H and O–H groups in total. The van der Waals surface area contributed by atoms with Crippen LogP contribution < -0.4 is 15.4 Å². The average molecular weight is 497 g/mol. The first-order valence-electron chi connectivity index (χ1n) is 12.0. The summed E-state index contributed by atoms with van der Waals surface area (Å²) in [6, 6.07) is 10.3. The van der Waals surface area contributed by atoms with Gasteiger partial charge in [0.2, 0.25) is 0 Å². The zero-order valence-electron chi connectivity index (χ0n) is 20.5. The fraction of sp³-hybridized carbons (Fsp3) is 0.480. The summed E-state index contributed by atoms with van der Waals surface area (Å²) in [5.41, 5.74) is 3.35. The number of pyridine rings is 1. The Morgan fingerprint density at radius 3 is 2.40 bits per heavy atom. The van der Waals surface area contributed by atoms with Crippen LogP contribution in [0.2, 0.25) is 0 Å². The number of anilines is 2. The Hall–Kier alpha value is -2.98. The quantitative estimate of drug-likeness (QED) is 0.526. The van der Waals surface area contributed by atoms with E-state index in [4.69, 9.17) is 4.98 Å². The second kappa shape index (κ2) is 9.23. The first-order chi connectivity index (χ1) is 16.7. The molecule has 2 fully saturated rings. The number of hydrogen-bond donors (Lipinski definition) is 0. The minimum absolute atomic E-state index is 0.0221. The molecular formula is C25H32N6O3S. The van der Waals surface area contributed by atoms with Gasteiger partial charge in [0.15, 0.2) is 0 Å². The Morgan fingerprint density at radius 2 is 1.71 bits per heavy atom. The third-order valence-corrected chi connectivity index (χ3v) is 8.12. The third-order valence-electron chi connectivity index (χ3n) is 7.04. The Kier molecular flexibility index (Phi) is 6.27. The fourth-order valence-electron chi connectivity index (χ4n) is 5.08. The van der Waals surface area contributed by atoms with Crippen molar-refractivity contribution in [1.82, 2.24) is 19.4 Å². The van der Waals surface area contributed by atoms with E-state index in [0.29, 0.717) is 29.8 Å². The normalized spacial score (nSPS) is 19.6. The van der Waals surface area contributed by atoms with Gasteiger partial charge in [-0.05, 0) is 37.6 Å². The van der Waals surface area contributed by atoms with Crippen LogP contribution in [0.1, 0.15) is 6.42 Å². The molecule has 35 heavy (non-hydrogen) atoms. The van der Waals surface area contributed by atoms with Crippen LogP contribution >= 0.6 is 0 Å². The zero-order valence-corrected chi connectivity index (χ0v) is 21.3. The summed E-state index contributed by atoms with van der Waals surface area (Å²) in [7, 11) is 0.758. The molecule has 2 aromatic heterocycles. The molecule has 0 spiro atoms. The van der Waals surface area contributed by atoms with Gasteiger partial charge in [0.1, 0.15) is 21.0 Å². The van der Waals surface area contributed by atoms with Crippen molar-refractivity contribution in [1.29, 1.82) is 0 Å². The maximum absolute atomic E-state index is 13.1. The molecule has 2 aliphatic heterocycles. The van der Waals surface area contributed by atoms with Gasteiger partial charge in [-0.1, -0.05) is 12.1 Å². The van der Waals surface area contributed by atoms with Gasteiger partial charge in [-0.15, -0.1) is 0 Å². The van der Waals surface area contributed by atoms with Gasteiger partial charge in [-0.3, -0.25) is 4.79 Å². The van der Waals surface area contributed by atoms with Gasteiger partial charge in [-0.2, -0.15) is 0 Å². The van der Waals surface area contributed by atoms with Crippen molar-refractivity contribution in [2.75, 3.05) is 68.1 Å². The van der Waals surface area contributed by atoms with Gasteiger partial charge in [-0.25, -0.2) is 18.4 Å². The fourth-order valence-corrected chi connectivity index (χ4v) is 6.21. The second-order valence-electron chi connectivity index (χ2n) is 9.92. The van der Waals surface area contributed by atoms with Gasteiger partial charge in [0, 0.05) is 63.8 Å². The van der Waals surface area contributed by atoms with E-state index in [-0.39, 0.29) is 17.2 Å². The number of sulfone groups is 1. The summed E-state index contributed by atoms with van der Waals surface area (Å²) in [4.78, 5) is 29.3. The van der Waals surface area contributed by atoms with E-state index in [1.54, 1.807) is 7.05 Å². The van der Waals surface area contributed by atoms with Crippen molar-refractivity contribution in [3.8, 4) is 11.3 Å². The predicted molar refractivity (Wildman–Crippen MR) is 140 cm³/mol. The van der Waals surface area contributed by atoms with E-state index in [0.717, 1.165) is 43.9 Å². The maximum Gasteiger partial charge on any atom is 0.264 e. The highest BCUT2D eigenvalue weighted by atomic mass is 32.2. The average Bonchev–Trinajstić information content (AvgIpc) is 3.28. The molecule has 0 bridgehead atoms. The molecule has 186 valence electrons. The number of nitrogens with zero attached hydrogens (tertiary/aromatic N) is 6. The lowest BCUT2D eigenvalue weighted by molar-refractivity contribution is 0.313. The molecule has 1 aromatic carbocycles. The first-order valence-corrected chi connectivity index (χ1v) is 14.1. The third kappa shape index (κ3) is 5.04. The molecule has 2 saturated heterocycles. The molecule has 0 saturated carbocycles. The highest BCUT2D eigenvalue weighted by Crippen LogP contribution is 2.31. The number of fused-ring (bicyclic) bond motifs is 1. The van der Waals surface area contributed by atoms with E-state index in [1.165, 1.54) is 22.8 Å². The van der Waals surface area contributed by atoms with E-state index >= 15 is 0 Å². The lowest BCUT2D eigenvalue weighted by Crippen LogP contribution is -2.44. The molecule has 0 unspecified atom stereocenters. The van der Waals surface area contributed by atoms with Gasteiger partial charge in [0.25, 0.3) is 5.56 Å². The van der Waals surface area contributed by atoms with Crippen LogP contribution in [0.5, 0.6) is 0 Å². The van der Waals surface area contributed by atoms with E-state index < -0.39 is 9.84 Å². The molecule has 10 heteroatoms. The monoisotopic (exact) mass is 496 g/mol. The second-order valence-corrected chi connectivity index (χ2v) is 12.1. The summed E-state index contributed by atoms with van der Waals surface area (Å²) in [5, 5.41) is 0.479. The summed E-state index contributed by atoms with van der Waals surface area (Å²) in [6.45, 7) is 5.32. The standard InChI is InChI=1S/C25H32N6O3S/c1-28-10-12-30(13-11-28)20-6-4-19(5-7-20)21-14-22-23(25(32)29(2)17-26-22)24(27-21)31-9-8-18(15-31)16-35(3,33)34/h4-7,14,17-18H,8-13,15-16H2,1-3H3/t18-/m0/s1. The van der Waals surface area contributed by atoms with Crippen molar-refractivity contribution in [3.05, 3.63) is 47.0 Å². The number of hydrogen-bond acceptors (Lipinski definition) is 8. The van der Waals surface area contributed by atoms with Crippen molar-refractivity contribution in [2.24, 2.45) is 13.0 Å². The minimum atomic E-state index is -3.07. The molecule has 3 aromatic rings. The van der Waals surface area contributed by atoms with Crippen LogP contribution in [0.3, 0.4) is 0 Å². The van der Waals surface area contributed by atoms with Crippen molar-refractivity contribution in [2.45, 2.75) is 6.42 Å². The SMILES string of the molecule is CN1CCN(c2ccc(-c3cc4ncn(C)c(=O)c4c(N4CC[C@H](CS(C)(=O)=O)C4)n3)cc2)CC1. The van der Waals surface area contributed by atoms with Gasteiger partial charge < -0.3 is 19.3 Å². The Morgan fingerprint density at radius 1 is 1.00 bits per heavy atom. The van der Waals surface area contributed by atoms with E-state index in [1.807, 2.05) is 11.0 Å². The largest absolute Gasteiger partial charge is 0.369 e. The summed E-state index contributed by atoms with van der Waals surface area (Å²) < 4.78 is 25.1. The Labute approximate surface area is 205 Å². The maximum atomic E-state index is 13.1. The summed E-state index contributed by atoms with van der Waals surface area (Å²) in [5.74, 6) is 0.754. The smallest absolute Gasteiger partial charge is 0.264 e. The van der Waals surface area contributed by atoms with Crippen LogP contribution in [-0.2, 0) is 16.9 Å². The molecule has 9 nitrogen and oxygen atoms in total. The lowest BCUT2D eigenvalue weighted by Gasteiger charge is -2.34. The zero-order chi connectivity index (χ0) is 24.7. The van der Waals surface area contributed by atoms with Crippen LogP contribution in [0.15, 0.2) is 41.5 Å². The molecule has 0 aliphatic carbocycles. The predicted octanol–water partition coefficient (Wildman–Crippen LogP) is 1.62. The molecule has 4 heterocycles. The molecular weight excluding hydrogens is 464 g/mol. The number of likely N-dealkylation sites (N-methyl/N-ethyl adjacent to an activating group) is 1. The summed E-state index contributed by atoms with van der Waals surface area (Å²) >= 11 is 0. The van der Waals surface area contributed by atoms with Gasteiger partial charge in [0.05, 0.1) is 23.3 Å². The minimum Gasteiger partial charge on any atom is -0.369 e. The molecule has 1 atom stereocenters. The Bertz CT molecular complexity index is 1400. The molecule has 0 radical (unpaired) electrons. The van der Waals surface area contributed by atoms with Crippen molar-refractivity contribution in [3.63, 3.8) is 0 Å². The molecule has 5 rings (SSSR count). The van der Waals surface area contributed by atoms with Crippen molar-refractivity contribution >= 4 is 32.2 Å². The lowest BCUT2D eigenvalue weighted by atomic mass is 10.1. The van der Waals surface area contributed by atoms with Crippen LogP contribution in [0.25, 0.3) is 22.2 Å². The molecule has 2 aliphatic rings. The number of piperazine rings is 1. The first kappa shape index (κ1) is 23.7. The van der Waals surface area contributed by atoms with Crippen LogP contribution in [0.4, 0.5) is 11.5 Å². The van der Waals surface area contributed by atoms with Crippen molar-refractivity contribution < 1.29 is 8.42 Å². The topological polar surface area (TPSA) is 91.6 Å². The van der Waals surface area contributed by atoms with Gasteiger partial charge >= 0.3 is 0 Å². The highest BCUT2D eigenvalue weighted by molar-refractivity contribution is 7.90. The van der Waals surface area contributed by atoms with Crippen LogP contribution in [0, 0.1) is 5.92 Å². The number of benzene rings is 1. The molecule has 0 amide bonds. The van der Waals surface area contributed by atoms with E-state index in [9.17, 15) is 13.2 Å². The number of aryl methyl sites for hydroxylation is 1. The highest BCUT2D eigenvalue weighted by Gasteiger charge is 2.29. The number of aromatic nitrogens is 3.